The summed E-state index contributed by atoms with van der Waals surface area (Å²) in [6.45, 7) is 1.38. The van der Waals surface area contributed by atoms with Crippen molar-refractivity contribution < 1.29 is 18.3 Å². The summed E-state index contributed by atoms with van der Waals surface area (Å²) in [5, 5.41) is 2.75. The number of thiazole rings is 1. The third-order valence-corrected chi connectivity index (χ3v) is 2.24. The molecule has 84 valence electrons. The molecule has 0 saturated heterocycles. The molecule has 0 spiro atoms. The van der Waals surface area contributed by atoms with Gasteiger partial charge in [0, 0.05) is 0 Å². The number of nitrogens with one attached hydrogen (secondary N) is 1. The molecule has 4 nitrogen and oxygen atoms in total. The molecular weight excluding hydrogens is 226 g/mol. The van der Waals surface area contributed by atoms with Crippen molar-refractivity contribution in [2.45, 2.75) is 13.3 Å². The normalized spacial score (nSPS) is 10.4. The van der Waals surface area contributed by atoms with Gasteiger partial charge in [0.2, 0.25) is 0 Å². The molecule has 0 amide bonds. The van der Waals surface area contributed by atoms with Gasteiger partial charge in [-0.3, -0.25) is 0 Å². The molecule has 0 atom stereocenters. The number of hydrogen-bond donors (Lipinski definition) is 1. The molecule has 1 aromatic rings. The highest BCUT2D eigenvalue weighted by Crippen LogP contribution is 2.21. The summed E-state index contributed by atoms with van der Waals surface area (Å²) >= 11 is 1.09. The number of carbonyl (C=O) groups is 1. The van der Waals surface area contributed by atoms with E-state index in [1.54, 1.807) is 6.92 Å². The minimum absolute atomic E-state index is 0.0579. The molecule has 0 bridgehead atoms. The second kappa shape index (κ2) is 5.59. The van der Waals surface area contributed by atoms with Crippen molar-refractivity contribution in [1.29, 1.82) is 0 Å². The van der Waals surface area contributed by atoms with Gasteiger partial charge in [-0.25, -0.2) is 18.6 Å². The predicted molar refractivity (Wildman–Crippen MR) is 52.6 cm³/mol. The van der Waals surface area contributed by atoms with Crippen LogP contribution in [0.5, 0.6) is 0 Å². The number of nitrogens with zero attached hydrogens (tertiary/aromatic N) is 1. The minimum atomic E-state index is -2.47. The minimum Gasteiger partial charge on any atom is -0.461 e. The first-order valence-electron chi connectivity index (χ1n) is 4.27. The van der Waals surface area contributed by atoms with Gasteiger partial charge in [0.1, 0.15) is 5.00 Å². The van der Waals surface area contributed by atoms with E-state index in [9.17, 15) is 13.6 Å². The van der Waals surface area contributed by atoms with Crippen LogP contribution in [0.3, 0.4) is 0 Å². The van der Waals surface area contributed by atoms with Gasteiger partial charge in [0.05, 0.1) is 18.7 Å². The Bertz CT molecular complexity index is 330. The van der Waals surface area contributed by atoms with Crippen LogP contribution in [0, 0.1) is 0 Å². The lowest BCUT2D eigenvalue weighted by Gasteiger charge is -2.04. The van der Waals surface area contributed by atoms with Crippen molar-refractivity contribution in [1.82, 2.24) is 4.98 Å². The number of esters is 1. The van der Waals surface area contributed by atoms with E-state index in [1.807, 2.05) is 0 Å². The van der Waals surface area contributed by atoms with Gasteiger partial charge in [-0.05, 0) is 6.92 Å². The van der Waals surface area contributed by atoms with E-state index in [1.165, 1.54) is 5.51 Å². The van der Waals surface area contributed by atoms with Gasteiger partial charge in [-0.15, -0.1) is 11.3 Å². The molecule has 7 heteroatoms. The molecule has 0 radical (unpaired) electrons. The Morgan fingerprint density at radius 2 is 2.47 bits per heavy atom. The Kier molecular flexibility index (Phi) is 4.41. The summed E-state index contributed by atoms with van der Waals surface area (Å²) in [7, 11) is 0. The Balaban J connectivity index is 2.64. The Hall–Kier alpha value is -1.24. The number of anilines is 1. The summed E-state index contributed by atoms with van der Waals surface area (Å²) in [6.07, 6.45) is -2.47. The SMILES string of the molecule is CCOC(=O)c1ncsc1NCC(F)F. The zero-order valence-corrected chi connectivity index (χ0v) is 8.81. The van der Waals surface area contributed by atoms with Crippen molar-refractivity contribution in [2.24, 2.45) is 0 Å². The smallest absolute Gasteiger partial charge is 0.360 e. The molecule has 0 saturated carbocycles. The summed E-state index contributed by atoms with van der Waals surface area (Å²) in [6, 6.07) is 0. The summed E-state index contributed by atoms with van der Waals surface area (Å²) in [4.78, 5) is 15.0. The van der Waals surface area contributed by atoms with Crippen LogP contribution in [-0.4, -0.2) is 30.5 Å². The van der Waals surface area contributed by atoms with Gasteiger partial charge in [-0.2, -0.15) is 0 Å². The van der Waals surface area contributed by atoms with Gasteiger partial charge in [0.15, 0.2) is 5.69 Å². The van der Waals surface area contributed by atoms with E-state index in [2.05, 4.69) is 10.3 Å². The molecule has 1 heterocycles. The maximum absolute atomic E-state index is 11.9. The van der Waals surface area contributed by atoms with Crippen LogP contribution in [0.25, 0.3) is 0 Å². The lowest BCUT2D eigenvalue weighted by molar-refractivity contribution is 0.0521. The largest absolute Gasteiger partial charge is 0.461 e. The second-order valence-corrected chi connectivity index (χ2v) is 3.38. The molecule has 0 unspecified atom stereocenters. The van der Waals surface area contributed by atoms with Crippen LogP contribution in [-0.2, 0) is 4.74 Å². The fourth-order valence-corrected chi connectivity index (χ4v) is 1.56. The summed E-state index contributed by atoms with van der Waals surface area (Å²) in [5.41, 5.74) is 1.46. The van der Waals surface area contributed by atoms with E-state index in [-0.39, 0.29) is 12.3 Å². The number of halogens is 2. The van der Waals surface area contributed by atoms with E-state index < -0.39 is 18.9 Å². The van der Waals surface area contributed by atoms with Crippen LogP contribution < -0.4 is 5.32 Å². The molecule has 0 aliphatic carbocycles. The molecular formula is C8H10F2N2O2S. The molecule has 0 aromatic carbocycles. The summed E-state index contributed by atoms with van der Waals surface area (Å²) in [5.74, 6) is -0.601. The third kappa shape index (κ3) is 3.43. The Morgan fingerprint density at radius 1 is 1.73 bits per heavy atom. The highest BCUT2D eigenvalue weighted by Gasteiger charge is 2.16. The van der Waals surface area contributed by atoms with Crippen molar-refractivity contribution in [3.8, 4) is 0 Å². The molecule has 1 rings (SSSR count). The first kappa shape index (κ1) is 11.8. The monoisotopic (exact) mass is 236 g/mol. The van der Waals surface area contributed by atoms with Gasteiger partial charge >= 0.3 is 5.97 Å². The fraction of sp³-hybridized carbons (Fsp3) is 0.500. The first-order chi connectivity index (χ1) is 7.15. The average molecular weight is 236 g/mol. The van der Waals surface area contributed by atoms with E-state index in [4.69, 9.17) is 4.74 Å². The third-order valence-electron chi connectivity index (χ3n) is 1.45. The zero-order chi connectivity index (χ0) is 11.3. The zero-order valence-electron chi connectivity index (χ0n) is 8.00. The molecule has 1 N–H and O–H groups in total. The number of carbonyl (C=O) groups excluding carboxylic acids is 1. The van der Waals surface area contributed by atoms with Crippen LogP contribution in [0.15, 0.2) is 5.51 Å². The van der Waals surface area contributed by atoms with Crippen molar-refractivity contribution in [3.63, 3.8) is 0 Å². The standard InChI is InChI=1S/C8H10F2N2O2S/c1-2-14-8(13)6-7(15-4-12-6)11-3-5(9)10/h4-5,11H,2-3H2,1H3. The number of rotatable bonds is 5. The van der Waals surface area contributed by atoms with Gasteiger partial charge < -0.3 is 10.1 Å². The quantitative estimate of drug-likeness (QED) is 0.794. The average Bonchev–Trinajstić information content (AvgIpc) is 2.62. The van der Waals surface area contributed by atoms with Crippen molar-refractivity contribution in [3.05, 3.63) is 11.2 Å². The van der Waals surface area contributed by atoms with Crippen LogP contribution in [0.1, 0.15) is 17.4 Å². The van der Waals surface area contributed by atoms with Gasteiger partial charge in [0.25, 0.3) is 6.43 Å². The number of hydrogen-bond acceptors (Lipinski definition) is 5. The predicted octanol–water partition coefficient (Wildman–Crippen LogP) is 2.00. The molecule has 0 fully saturated rings. The lowest BCUT2D eigenvalue weighted by Crippen LogP contribution is -2.13. The van der Waals surface area contributed by atoms with Gasteiger partial charge in [-0.1, -0.05) is 0 Å². The van der Waals surface area contributed by atoms with Crippen LogP contribution in [0.2, 0.25) is 0 Å². The van der Waals surface area contributed by atoms with Crippen LogP contribution >= 0.6 is 11.3 Å². The van der Waals surface area contributed by atoms with E-state index >= 15 is 0 Å². The fourth-order valence-electron chi connectivity index (χ4n) is 0.886. The molecule has 15 heavy (non-hydrogen) atoms. The van der Waals surface area contributed by atoms with Crippen molar-refractivity contribution >= 4 is 22.3 Å². The molecule has 0 aliphatic heterocycles. The summed E-state index contributed by atoms with van der Waals surface area (Å²) < 4.78 is 28.5. The number of ether oxygens (including phenoxy) is 1. The maximum Gasteiger partial charge on any atom is 0.360 e. The highest BCUT2D eigenvalue weighted by atomic mass is 32.1. The topological polar surface area (TPSA) is 51.2 Å². The molecule has 1 aromatic heterocycles. The first-order valence-corrected chi connectivity index (χ1v) is 5.15. The Morgan fingerprint density at radius 3 is 3.07 bits per heavy atom. The van der Waals surface area contributed by atoms with E-state index in [0.29, 0.717) is 5.00 Å². The van der Waals surface area contributed by atoms with Crippen molar-refractivity contribution in [2.75, 3.05) is 18.5 Å². The molecule has 0 aliphatic rings. The Labute approximate surface area is 89.3 Å². The van der Waals surface area contributed by atoms with Crippen LogP contribution in [0.4, 0.5) is 13.8 Å². The number of aromatic nitrogens is 1. The highest BCUT2D eigenvalue weighted by molar-refractivity contribution is 7.14. The maximum atomic E-state index is 11.9. The second-order valence-electron chi connectivity index (χ2n) is 2.52. The number of alkyl halides is 2. The lowest BCUT2D eigenvalue weighted by atomic mass is 10.4. The van der Waals surface area contributed by atoms with E-state index in [0.717, 1.165) is 11.3 Å².